The van der Waals surface area contributed by atoms with Gasteiger partial charge in [0.25, 0.3) is 0 Å². The van der Waals surface area contributed by atoms with E-state index in [0.717, 1.165) is 18.5 Å². The van der Waals surface area contributed by atoms with Gasteiger partial charge >= 0.3 is 0 Å². The van der Waals surface area contributed by atoms with Gasteiger partial charge in [-0.2, -0.15) is 0 Å². The van der Waals surface area contributed by atoms with Crippen LogP contribution in [0.15, 0.2) is 48.5 Å². The van der Waals surface area contributed by atoms with Crippen molar-refractivity contribution in [2.75, 3.05) is 7.05 Å². The van der Waals surface area contributed by atoms with Crippen molar-refractivity contribution in [1.29, 1.82) is 0 Å². The summed E-state index contributed by atoms with van der Waals surface area (Å²) in [5.41, 5.74) is 4.98. The van der Waals surface area contributed by atoms with Gasteiger partial charge in [-0.05, 0) is 37.1 Å². The van der Waals surface area contributed by atoms with Gasteiger partial charge < -0.3 is 5.11 Å². The Morgan fingerprint density at radius 2 is 1.81 bits per heavy atom. The van der Waals surface area contributed by atoms with Crippen LogP contribution < -0.4 is 0 Å². The van der Waals surface area contributed by atoms with E-state index in [-0.39, 0.29) is 12.4 Å². The molecule has 0 aliphatic carbocycles. The zero-order chi connectivity index (χ0) is 14.1. The second-order valence-corrected chi connectivity index (χ2v) is 5.79. The third-order valence-electron chi connectivity index (χ3n) is 4.27. The van der Waals surface area contributed by atoms with Gasteiger partial charge in [0.15, 0.2) is 0 Å². The molecule has 0 saturated heterocycles. The average Bonchev–Trinajstić information content (AvgIpc) is 2.76. The third kappa shape index (κ3) is 3.29. The highest BCUT2D eigenvalue weighted by Crippen LogP contribution is 2.38. The summed E-state index contributed by atoms with van der Waals surface area (Å²) in [7, 11) is 2.13. The molecule has 0 fully saturated rings. The highest BCUT2D eigenvalue weighted by Gasteiger charge is 2.29. The van der Waals surface area contributed by atoms with Crippen LogP contribution in [0, 0.1) is 6.92 Å². The first kappa shape index (κ1) is 16.0. The summed E-state index contributed by atoms with van der Waals surface area (Å²) in [5.74, 6) is 0. The van der Waals surface area contributed by atoms with Gasteiger partial charge in [-0.3, -0.25) is 4.90 Å². The number of benzene rings is 2. The molecule has 1 N–H and O–H groups in total. The van der Waals surface area contributed by atoms with Gasteiger partial charge in [0.1, 0.15) is 0 Å². The van der Waals surface area contributed by atoms with E-state index in [1.807, 2.05) is 12.1 Å². The summed E-state index contributed by atoms with van der Waals surface area (Å²) in [4.78, 5) is 2.32. The molecule has 0 aromatic heterocycles. The second-order valence-electron chi connectivity index (χ2n) is 5.79. The van der Waals surface area contributed by atoms with Crippen LogP contribution in [0.3, 0.4) is 0 Å². The number of rotatable bonds is 3. The Morgan fingerprint density at radius 1 is 1.14 bits per heavy atom. The highest BCUT2D eigenvalue weighted by molar-refractivity contribution is 5.85. The van der Waals surface area contributed by atoms with E-state index < -0.39 is 6.10 Å². The smallest absolute Gasteiger partial charge is 0.0808 e. The fraction of sp³-hybridized carbons (Fsp3) is 0.333. The minimum Gasteiger partial charge on any atom is -0.388 e. The number of hydrogen-bond acceptors (Lipinski definition) is 2. The van der Waals surface area contributed by atoms with Crippen LogP contribution >= 0.6 is 12.4 Å². The summed E-state index contributed by atoms with van der Waals surface area (Å²) in [6.45, 7) is 3.04. The van der Waals surface area contributed by atoms with Crippen molar-refractivity contribution in [3.05, 3.63) is 70.8 Å². The lowest BCUT2D eigenvalue weighted by Crippen LogP contribution is -2.19. The molecule has 112 valence electrons. The lowest BCUT2D eigenvalue weighted by Gasteiger charge is -2.23. The van der Waals surface area contributed by atoms with Crippen molar-refractivity contribution in [3.8, 4) is 0 Å². The molecule has 21 heavy (non-hydrogen) atoms. The standard InChI is InChI=1S/C18H21NO.ClH/c1-13-7-9-14(10-8-13)18(20)11-17-16-6-4-3-5-15(16)12-19(17)2;/h3-10,17-18,20H,11-12H2,1-2H3;1H/t17-,18+;/m0./s1. The van der Waals surface area contributed by atoms with Gasteiger partial charge in [0.05, 0.1) is 6.10 Å². The van der Waals surface area contributed by atoms with Crippen LogP contribution in [0.1, 0.15) is 40.8 Å². The Morgan fingerprint density at radius 3 is 2.52 bits per heavy atom. The van der Waals surface area contributed by atoms with Crippen molar-refractivity contribution < 1.29 is 5.11 Å². The molecule has 2 nitrogen and oxygen atoms in total. The number of aryl methyl sites for hydroxylation is 1. The molecule has 3 rings (SSSR count). The Hall–Kier alpha value is -1.35. The van der Waals surface area contributed by atoms with Crippen molar-refractivity contribution in [3.63, 3.8) is 0 Å². The number of hydrogen-bond donors (Lipinski definition) is 1. The van der Waals surface area contributed by atoms with E-state index >= 15 is 0 Å². The van der Waals surface area contributed by atoms with Gasteiger partial charge in [-0.1, -0.05) is 54.1 Å². The maximum Gasteiger partial charge on any atom is 0.0808 e. The second kappa shape index (κ2) is 6.61. The number of aliphatic hydroxyl groups excluding tert-OH is 1. The summed E-state index contributed by atoms with van der Waals surface area (Å²) in [6, 6.07) is 17.0. The number of aliphatic hydroxyl groups is 1. The number of fused-ring (bicyclic) bond motifs is 1. The van der Waals surface area contributed by atoms with E-state index in [2.05, 4.69) is 55.3 Å². The minimum absolute atomic E-state index is 0. The van der Waals surface area contributed by atoms with Gasteiger partial charge in [0, 0.05) is 12.6 Å². The summed E-state index contributed by atoms with van der Waals surface area (Å²) < 4.78 is 0. The lowest BCUT2D eigenvalue weighted by atomic mass is 9.96. The monoisotopic (exact) mass is 303 g/mol. The molecular formula is C18H22ClNO. The predicted octanol–water partition coefficient (Wildman–Crippen LogP) is 4.03. The minimum atomic E-state index is -0.408. The van der Waals surface area contributed by atoms with Crippen LogP contribution in [-0.4, -0.2) is 17.1 Å². The SMILES string of the molecule is Cc1ccc([C@H](O)C[C@H]2c3ccccc3CN2C)cc1.Cl. The topological polar surface area (TPSA) is 23.5 Å². The van der Waals surface area contributed by atoms with E-state index in [9.17, 15) is 5.11 Å². The van der Waals surface area contributed by atoms with Crippen molar-refractivity contribution >= 4 is 12.4 Å². The molecule has 0 radical (unpaired) electrons. The fourth-order valence-corrected chi connectivity index (χ4v) is 3.06. The van der Waals surface area contributed by atoms with Gasteiger partial charge in [0.2, 0.25) is 0 Å². The first-order valence-corrected chi connectivity index (χ1v) is 7.18. The molecule has 0 saturated carbocycles. The van der Waals surface area contributed by atoms with E-state index in [1.54, 1.807) is 0 Å². The van der Waals surface area contributed by atoms with Gasteiger partial charge in [-0.25, -0.2) is 0 Å². The molecule has 2 aromatic carbocycles. The number of halogens is 1. The first-order chi connectivity index (χ1) is 9.65. The maximum atomic E-state index is 10.5. The Bertz CT molecular complexity index is 596. The quantitative estimate of drug-likeness (QED) is 0.925. The third-order valence-corrected chi connectivity index (χ3v) is 4.27. The summed E-state index contributed by atoms with van der Waals surface area (Å²) in [6.07, 6.45) is 0.338. The molecule has 0 amide bonds. The molecule has 1 heterocycles. The maximum absolute atomic E-state index is 10.5. The highest BCUT2D eigenvalue weighted by atomic mass is 35.5. The largest absolute Gasteiger partial charge is 0.388 e. The molecule has 1 aliphatic heterocycles. The van der Waals surface area contributed by atoms with E-state index in [0.29, 0.717) is 6.04 Å². The predicted molar refractivity (Wildman–Crippen MR) is 88.7 cm³/mol. The van der Waals surface area contributed by atoms with E-state index in [1.165, 1.54) is 16.7 Å². The lowest BCUT2D eigenvalue weighted by molar-refractivity contribution is 0.120. The Kier molecular flexibility index (Phi) is 5.04. The molecule has 2 atom stereocenters. The molecule has 0 bridgehead atoms. The summed E-state index contributed by atoms with van der Waals surface area (Å²) >= 11 is 0. The van der Waals surface area contributed by atoms with Crippen LogP contribution in [0.2, 0.25) is 0 Å². The van der Waals surface area contributed by atoms with Gasteiger partial charge in [-0.15, -0.1) is 12.4 Å². The normalized spacial score (nSPS) is 18.9. The molecule has 3 heteroatoms. The van der Waals surface area contributed by atoms with Crippen molar-refractivity contribution in [2.24, 2.45) is 0 Å². The average molecular weight is 304 g/mol. The Labute approximate surface area is 132 Å². The molecule has 0 unspecified atom stereocenters. The zero-order valence-electron chi connectivity index (χ0n) is 12.5. The zero-order valence-corrected chi connectivity index (χ0v) is 13.3. The molecule has 0 spiro atoms. The first-order valence-electron chi connectivity index (χ1n) is 7.18. The van der Waals surface area contributed by atoms with Crippen LogP contribution in [0.5, 0.6) is 0 Å². The van der Waals surface area contributed by atoms with Crippen molar-refractivity contribution in [2.45, 2.75) is 32.0 Å². The van der Waals surface area contributed by atoms with Crippen LogP contribution in [-0.2, 0) is 6.54 Å². The molecular weight excluding hydrogens is 282 g/mol. The number of nitrogens with zero attached hydrogens (tertiary/aromatic N) is 1. The van der Waals surface area contributed by atoms with E-state index in [4.69, 9.17) is 0 Å². The van der Waals surface area contributed by atoms with Crippen molar-refractivity contribution in [1.82, 2.24) is 4.90 Å². The Balaban J connectivity index is 0.00000161. The van der Waals surface area contributed by atoms with Crippen LogP contribution in [0.25, 0.3) is 0 Å². The fourth-order valence-electron chi connectivity index (χ4n) is 3.06. The van der Waals surface area contributed by atoms with Crippen LogP contribution in [0.4, 0.5) is 0 Å². The summed E-state index contributed by atoms with van der Waals surface area (Å²) in [5, 5.41) is 10.5. The molecule has 1 aliphatic rings. The molecule has 2 aromatic rings.